The topological polar surface area (TPSA) is 32.3 Å². The van der Waals surface area contributed by atoms with Crippen molar-refractivity contribution >= 4 is 5.91 Å². The molecule has 94 valence electrons. The Balaban J connectivity index is 2.72. The summed E-state index contributed by atoms with van der Waals surface area (Å²) in [6.07, 6.45) is -1.09. The minimum absolute atomic E-state index is 0.134. The summed E-state index contributed by atoms with van der Waals surface area (Å²) in [5.41, 5.74) is 0. The standard InChI is InChI=1S/C11H20F2N2O/c1-4-5-9-14-10(7(2)3)11(16)15(9)6-8(12)13/h7-10,14H,4-6H2,1-3H3. The van der Waals surface area contributed by atoms with Crippen molar-refractivity contribution in [3.63, 3.8) is 0 Å². The fraction of sp³-hybridized carbons (Fsp3) is 0.909. The Morgan fingerprint density at radius 2 is 2.06 bits per heavy atom. The van der Waals surface area contributed by atoms with Crippen molar-refractivity contribution in [3.8, 4) is 0 Å². The van der Waals surface area contributed by atoms with E-state index in [1.165, 1.54) is 4.90 Å². The Bertz CT molecular complexity index is 246. The minimum Gasteiger partial charge on any atom is -0.320 e. The molecule has 1 saturated heterocycles. The molecule has 0 aromatic heterocycles. The van der Waals surface area contributed by atoms with Gasteiger partial charge in [0.15, 0.2) is 0 Å². The monoisotopic (exact) mass is 234 g/mol. The molecule has 1 fully saturated rings. The first kappa shape index (κ1) is 13.4. The van der Waals surface area contributed by atoms with Gasteiger partial charge in [0, 0.05) is 0 Å². The zero-order chi connectivity index (χ0) is 12.3. The molecule has 0 aromatic carbocycles. The number of hydrogen-bond donors (Lipinski definition) is 1. The van der Waals surface area contributed by atoms with Gasteiger partial charge in [0.05, 0.1) is 18.8 Å². The third kappa shape index (κ3) is 2.90. The van der Waals surface area contributed by atoms with E-state index in [4.69, 9.17) is 0 Å². The Labute approximate surface area is 95.2 Å². The van der Waals surface area contributed by atoms with Gasteiger partial charge in [-0.3, -0.25) is 10.1 Å². The van der Waals surface area contributed by atoms with Crippen LogP contribution in [0.1, 0.15) is 33.6 Å². The number of carbonyl (C=O) groups is 1. The molecule has 1 N–H and O–H groups in total. The molecule has 1 aliphatic rings. The van der Waals surface area contributed by atoms with E-state index < -0.39 is 13.0 Å². The van der Waals surface area contributed by atoms with Crippen molar-refractivity contribution in [1.82, 2.24) is 10.2 Å². The van der Waals surface area contributed by atoms with E-state index in [0.717, 1.165) is 12.8 Å². The highest BCUT2D eigenvalue weighted by molar-refractivity contribution is 5.84. The van der Waals surface area contributed by atoms with Crippen molar-refractivity contribution in [3.05, 3.63) is 0 Å². The van der Waals surface area contributed by atoms with Crippen LogP contribution in [0.4, 0.5) is 8.78 Å². The summed E-state index contributed by atoms with van der Waals surface area (Å²) in [5, 5.41) is 3.14. The zero-order valence-corrected chi connectivity index (χ0v) is 10.0. The third-order valence-corrected chi connectivity index (χ3v) is 2.86. The molecule has 2 atom stereocenters. The maximum absolute atomic E-state index is 12.4. The average Bonchev–Trinajstić information content (AvgIpc) is 2.46. The van der Waals surface area contributed by atoms with E-state index in [1.807, 2.05) is 20.8 Å². The number of amides is 1. The van der Waals surface area contributed by atoms with Gasteiger partial charge in [-0.25, -0.2) is 8.78 Å². The molecule has 3 nitrogen and oxygen atoms in total. The summed E-state index contributed by atoms with van der Waals surface area (Å²) in [5.74, 6) is -0.0525. The van der Waals surface area contributed by atoms with Crippen molar-refractivity contribution in [1.29, 1.82) is 0 Å². The minimum atomic E-state index is -2.46. The van der Waals surface area contributed by atoms with E-state index in [0.29, 0.717) is 0 Å². The molecule has 0 saturated carbocycles. The van der Waals surface area contributed by atoms with Crippen molar-refractivity contribution < 1.29 is 13.6 Å². The highest BCUT2D eigenvalue weighted by Crippen LogP contribution is 2.20. The number of alkyl halides is 2. The zero-order valence-electron chi connectivity index (χ0n) is 10.0. The summed E-state index contributed by atoms with van der Waals surface area (Å²) in [6.45, 7) is 5.37. The van der Waals surface area contributed by atoms with Crippen LogP contribution < -0.4 is 5.32 Å². The lowest BCUT2D eigenvalue weighted by Crippen LogP contribution is -2.40. The smallest absolute Gasteiger partial charge is 0.255 e. The van der Waals surface area contributed by atoms with Gasteiger partial charge in [0.25, 0.3) is 6.43 Å². The SMILES string of the molecule is CCCC1NC(C(C)C)C(=O)N1CC(F)F. The second kappa shape index (κ2) is 5.57. The van der Waals surface area contributed by atoms with Gasteiger partial charge in [-0.1, -0.05) is 27.2 Å². The van der Waals surface area contributed by atoms with E-state index in [9.17, 15) is 13.6 Å². The molecule has 1 aliphatic heterocycles. The van der Waals surface area contributed by atoms with E-state index in [1.54, 1.807) is 0 Å². The number of nitrogens with zero attached hydrogens (tertiary/aromatic N) is 1. The first-order valence-electron chi connectivity index (χ1n) is 5.82. The van der Waals surface area contributed by atoms with Gasteiger partial charge in [0.2, 0.25) is 5.91 Å². The molecule has 1 heterocycles. The number of carbonyl (C=O) groups excluding carboxylic acids is 1. The van der Waals surface area contributed by atoms with Crippen LogP contribution >= 0.6 is 0 Å². The summed E-state index contributed by atoms with van der Waals surface area (Å²) in [7, 11) is 0. The molecule has 2 unspecified atom stereocenters. The highest BCUT2D eigenvalue weighted by atomic mass is 19.3. The normalized spacial score (nSPS) is 26.2. The first-order chi connectivity index (χ1) is 7.47. The van der Waals surface area contributed by atoms with Crippen LogP contribution in [-0.2, 0) is 4.79 Å². The molecule has 0 radical (unpaired) electrons. The fourth-order valence-corrected chi connectivity index (χ4v) is 2.06. The summed E-state index contributed by atoms with van der Waals surface area (Å²) < 4.78 is 24.8. The Morgan fingerprint density at radius 1 is 1.44 bits per heavy atom. The molecule has 5 heteroatoms. The van der Waals surface area contributed by atoms with Gasteiger partial charge in [0.1, 0.15) is 0 Å². The van der Waals surface area contributed by atoms with Crippen molar-refractivity contribution in [2.75, 3.05) is 6.54 Å². The van der Waals surface area contributed by atoms with Crippen LogP contribution in [0.3, 0.4) is 0 Å². The van der Waals surface area contributed by atoms with Crippen LogP contribution in [0.5, 0.6) is 0 Å². The lowest BCUT2D eigenvalue weighted by atomic mass is 10.1. The van der Waals surface area contributed by atoms with Crippen LogP contribution in [0.15, 0.2) is 0 Å². The molecular formula is C11H20F2N2O. The predicted octanol–water partition coefficient (Wildman–Crippen LogP) is 1.83. The molecule has 1 amide bonds. The van der Waals surface area contributed by atoms with E-state index in [-0.39, 0.29) is 24.0 Å². The third-order valence-electron chi connectivity index (χ3n) is 2.86. The van der Waals surface area contributed by atoms with Gasteiger partial charge in [-0.15, -0.1) is 0 Å². The summed E-state index contributed by atoms with van der Waals surface area (Å²) in [6, 6.07) is -0.310. The molecule has 0 aliphatic carbocycles. The molecular weight excluding hydrogens is 214 g/mol. The second-order valence-corrected chi connectivity index (χ2v) is 4.57. The molecule has 0 bridgehead atoms. The van der Waals surface area contributed by atoms with Gasteiger partial charge in [-0.05, 0) is 12.3 Å². The quantitative estimate of drug-likeness (QED) is 0.787. The molecule has 0 aromatic rings. The summed E-state index contributed by atoms with van der Waals surface area (Å²) >= 11 is 0. The fourth-order valence-electron chi connectivity index (χ4n) is 2.06. The molecule has 0 spiro atoms. The number of nitrogens with one attached hydrogen (secondary N) is 1. The van der Waals surface area contributed by atoms with Crippen LogP contribution in [-0.4, -0.2) is 36.0 Å². The van der Waals surface area contributed by atoms with Gasteiger partial charge >= 0.3 is 0 Å². The van der Waals surface area contributed by atoms with Gasteiger partial charge < -0.3 is 4.90 Å². The van der Waals surface area contributed by atoms with Gasteiger partial charge in [-0.2, -0.15) is 0 Å². The summed E-state index contributed by atoms with van der Waals surface area (Å²) in [4.78, 5) is 13.2. The Hall–Kier alpha value is -0.710. The average molecular weight is 234 g/mol. The van der Waals surface area contributed by atoms with Crippen molar-refractivity contribution in [2.45, 2.75) is 52.2 Å². The predicted molar refractivity (Wildman–Crippen MR) is 58.2 cm³/mol. The van der Waals surface area contributed by atoms with E-state index in [2.05, 4.69) is 5.32 Å². The largest absolute Gasteiger partial charge is 0.320 e. The Morgan fingerprint density at radius 3 is 2.50 bits per heavy atom. The molecule has 16 heavy (non-hydrogen) atoms. The van der Waals surface area contributed by atoms with Crippen LogP contribution in [0, 0.1) is 5.92 Å². The maximum atomic E-state index is 12.4. The Kier molecular flexibility index (Phi) is 4.65. The first-order valence-corrected chi connectivity index (χ1v) is 5.82. The number of rotatable bonds is 5. The lowest BCUT2D eigenvalue weighted by molar-refractivity contribution is -0.132. The van der Waals surface area contributed by atoms with Crippen molar-refractivity contribution in [2.24, 2.45) is 5.92 Å². The van der Waals surface area contributed by atoms with Crippen LogP contribution in [0.25, 0.3) is 0 Å². The molecule has 1 rings (SSSR count). The van der Waals surface area contributed by atoms with Crippen LogP contribution in [0.2, 0.25) is 0 Å². The second-order valence-electron chi connectivity index (χ2n) is 4.57. The lowest BCUT2D eigenvalue weighted by Gasteiger charge is -2.23. The number of hydrogen-bond acceptors (Lipinski definition) is 2. The maximum Gasteiger partial charge on any atom is 0.255 e. The number of halogens is 2. The van der Waals surface area contributed by atoms with E-state index >= 15 is 0 Å². The highest BCUT2D eigenvalue weighted by Gasteiger charge is 2.40.